The number of aliphatic hydroxyl groups is 1. The number of aliphatic carboxylic acids is 1. The fraction of sp³-hybridized carbons (Fsp3) is 0.857. The Hall–Kier alpha value is -2.22. The predicted molar refractivity (Wildman–Crippen MR) is 192 cm³/mol. The number of carboxylic acids is 1. The van der Waals surface area contributed by atoms with E-state index in [2.05, 4.69) is 53.8 Å². The Morgan fingerprint density at radius 1 is 0.860 bits per heavy atom. The maximum atomic E-state index is 14.3. The quantitative estimate of drug-likeness (QED) is 0.235. The highest BCUT2D eigenvalue weighted by molar-refractivity contribution is 6.07. The number of carbonyl (C=O) groups is 4. The first-order valence-corrected chi connectivity index (χ1v) is 19.6. The van der Waals surface area contributed by atoms with Gasteiger partial charge < -0.3 is 20.3 Å². The van der Waals surface area contributed by atoms with Gasteiger partial charge in [0, 0.05) is 11.8 Å². The molecule has 0 radical (unpaired) electrons. The van der Waals surface area contributed by atoms with E-state index in [1.165, 1.54) is 0 Å². The smallest absolute Gasteiger partial charge is 0.309 e. The SMILES string of the molecule is CC(C)C1=C2[C@H]3CCC4[C@@]5(C)CC[C@H](OC(=O)[C@H]6C[C@@H](C(=O)O)C6(C)C)C(C)(C)C5CC[C@@]4(C)[C@]3(C)CC[C@@]2(C(=O)NC(C)(C)CO)CC1=O. The minimum absolute atomic E-state index is 0.0102. The molecule has 10 atom stereocenters. The lowest BCUT2D eigenvalue weighted by Gasteiger charge is -2.72. The average molecular weight is 696 g/mol. The first kappa shape index (κ1) is 37.5. The molecule has 8 heteroatoms. The number of rotatable bonds is 7. The Kier molecular flexibility index (Phi) is 8.74. The van der Waals surface area contributed by atoms with Crippen LogP contribution in [0, 0.1) is 68.0 Å². The molecule has 5 fully saturated rings. The first-order valence-electron chi connectivity index (χ1n) is 19.6. The third-order valence-corrected chi connectivity index (χ3v) is 16.8. The minimum atomic E-state index is -0.846. The zero-order valence-electron chi connectivity index (χ0n) is 32.8. The standard InChI is InChI=1S/C42H65NO7/c1-23(2)31-27(45)21-42(35(49)43-36(3,4)22-44)19-18-40(10)24(32(31)42)12-13-29-39(9)16-15-30(38(7,8)28(39)14-17-41(29,40)11)50-34(48)26-20-25(33(46)47)37(26,5)6/h23-26,28-30,44H,12-22H2,1-11H3,(H,43,49)(H,46,47)/t24-,25+,26-,28?,29?,30+,39+,40-,41-,42-/m1/s1. The second kappa shape index (κ2) is 11.6. The van der Waals surface area contributed by atoms with Crippen molar-refractivity contribution in [3.8, 4) is 0 Å². The molecule has 280 valence electrons. The number of hydrogen-bond acceptors (Lipinski definition) is 6. The maximum Gasteiger partial charge on any atom is 0.309 e. The molecule has 50 heavy (non-hydrogen) atoms. The summed E-state index contributed by atoms with van der Waals surface area (Å²) in [5, 5.41) is 22.8. The number of carboxylic acid groups (broad SMARTS) is 1. The third-order valence-electron chi connectivity index (χ3n) is 16.8. The normalized spacial score (nSPS) is 43.2. The molecule has 6 rings (SSSR count). The fourth-order valence-electron chi connectivity index (χ4n) is 13.5. The van der Waals surface area contributed by atoms with Crippen molar-refractivity contribution in [1.82, 2.24) is 5.32 Å². The van der Waals surface area contributed by atoms with Gasteiger partial charge in [-0.2, -0.15) is 0 Å². The Labute approximate surface area is 300 Å². The highest BCUT2D eigenvalue weighted by Gasteiger charge is 2.71. The summed E-state index contributed by atoms with van der Waals surface area (Å²) in [6.07, 6.45) is 7.78. The predicted octanol–water partition coefficient (Wildman–Crippen LogP) is 7.51. The molecule has 0 aromatic rings. The van der Waals surface area contributed by atoms with E-state index < -0.39 is 28.3 Å². The summed E-state index contributed by atoms with van der Waals surface area (Å²) < 4.78 is 6.38. The van der Waals surface area contributed by atoms with Crippen LogP contribution in [-0.2, 0) is 23.9 Å². The van der Waals surface area contributed by atoms with Gasteiger partial charge in [0.05, 0.1) is 29.4 Å². The molecule has 0 spiro atoms. The van der Waals surface area contributed by atoms with E-state index in [1.807, 2.05) is 27.7 Å². The molecular formula is C42H65NO7. The van der Waals surface area contributed by atoms with Crippen LogP contribution < -0.4 is 5.32 Å². The Bertz CT molecular complexity index is 1510. The monoisotopic (exact) mass is 695 g/mol. The van der Waals surface area contributed by atoms with E-state index in [-0.39, 0.29) is 76.2 Å². The maximum absolute atomic E-state index is 14.3. The number of allylic oxidation sites excluding steroid dienone is 1. The van der Waals surface area contributed by atoms with Crippen LogP contribution in [0.3, 0.4) is 0 Å². The van der Waals surface area contributed by atoms with Gasteiger partial charge in [0.2, 0.25) is 5.91 Å². The van der Waals surface area contributed by atoms with Gasteiger partial charge in [-0.05, 0) is 128 Å². The summed E-state index contributed by atoms with van der Waals surface area (Å²) in [6.45, 7) is 23.5. The van der Waals surface area contributed by atoms with Gasteiger partial charge >= 0.3 is 11.9 Å². The molecule has 6 aliphatic carbocycles. The topological polar surface area (TPSA) is 130 Å². The average Bonchev–Trinajstić information content (AvgIpc) is 3.31. The lowest BCUT2D eigenvalue weighted by atomic mass is 9.33. The van der Waals surface area contributed by atoms with Crippen LogP contribution in [0.4, 0.5) is 0 Å². The molecule has 2 unspecified atom stereocenters. The molecule has 1 amide bonds. The Morgan fingerprint density at radius 2 is 1.52 bits per heavy atom. The van der Waals surface area contributed by atoms with Crippen molar-refractivity contribution in [2.45, 2.75) is 152 Å². The summed E-state index contributed by atoms with van der Waals surface area (Å²) in [7, 11) is 0. The molecule has 0 aromatic carbocycles. The lowest BCUT2D eigenvalue weighted by Crippen LogP contribution is -2.66. The summed E-state index contributed by atoms with van der Waals surface area (Å²) in [5.41, 5.74) is -0.480. The first-order chi connectivity index (χ1) is 22.9. The number of carbonyl (C=O) groups excluding carboxylic acids is 3. The van der Waals surface area contributed by atoms with Crippen LogP contribution in [0.2, 0.25) is 0 Å². The molecular weight excluding hydrogens is 630 g/mol. The van der Waals surface area contributed by atoms with Crippen molar-refractivity contribution >= 4 is 23.6 Å². The molecule has 0 aliphatic heterocycles. The van der Waals surface area contributed by atoms with Crippen LogP contribution in [0.5, 0.6) is 0 Å². The highest BCUT2D eigenvalue weighted by atomic mass is 16.5. The van der Waals surface area contributed by atoms with Crippen LogP contribution in [-0.4, -0.2) is 52.1 Å². The van der Waals surface area contributed by atoms with E-state index in [0.717, 1.165) is 56.1 Å². The minimum Gasteiger partial charge on any atom is -0.481 e. The number of ether oxygens (including phenoxy) is 1. The van der Waals surface area contributed by atoms with Crippen molar-refractivity contribution in [2.24, 2.45) is 68.0 Å². The van der Waals surface area contributed by atoms with Crippen LogP contribution >= 0.6 is 0 Å². The van der Waals surface area contributed by atoms with Crippen molar-refractivity contribution < 1.29 is 34.1 Å². The molecule has 0 saturated heterocycles. The van der Waals surface area contributed by atoms with Crippen LogP contribution in [0.1, 0.15) is 140 Å². The number of Topliss-reactive ketones (excluding diaryl/α,β-unsaturated/α-hetero) is 1. The van der Waals surface area contributed by atoms with Crippen molar-refractivity contribution in [3.63, 3.8) is 0 Å². The van der Waals surface area contributed by atoms with Gasteiger partial charge in [0.25, 0.3) is 0 Å². The van der Waals surface area contributed by atoms with E-state index in [1.54, 1.807) is 0 Å². The molecule has 3 N–H and O–H groups in total. The Balaban J connectivity index is 1.29. The number of esters is 1. The molecule has 8 nitrogen and oxygen atoms in total. The number of ketones is 1. The van der Waals surface area contributed by atoms with Gasteiger partial charge in [-0.3, -0.25) is 19.2 Å². The Morgan fingerprint density at radius 3 is 2.10 bits per heavy atom. The summed E-state index contributed by atoms with van der Waals surface area (Å²) in [4.78, 5) is 53.5. The van der Waals surface area contributed by atoms with E-state index in [9.17, 15) is 29.4 Å². The number of aliphatic hydroxyl groups excluding tert-OH is 1. The summed E-state index contributed by atoms with van der Waals surface area (Å²) in [6, 6.07) is 0. The zero-order valence-corrected chi connectivity index (χ0v) is 32.8. The van der Waals surface area contributed by atoms with Crippen molar-refractivity contribution in [2.75, 3.05) is 6.61 Å². The molecule has 0 heterocycles. The van der Waals surface area contributed by atoms with E-state index >= 15 is 0 Å². The molecule has 6 aliphatic rings. The second-order valence-corrected chi connectivity index (χ2v) is 20.6. The van der Waals surface area contributed by atoms with Gasteiger partial charge in [0.1, 0.15) is 6.10 Å². The van der Waals surface area contributed by atoms with Gasteiger partial charge in [-0.15, -0.1) is 0 Å². The summed E-state index contributed by atoms with van der Waals surface area (Å²) in [5.74, 6) is -0.936. The second-order valence-electron chi connectivity index (χ2n) is 20.6. The van der Waals surface area contributed by atoms with E-state index in [0.29, 0.717) is 24.7 Å². The highest BCUT2D eigenvalue weighted by Crippen LogP contribution is 2.77. The van der Waals surface area contributed by atoms with Gasteiger partial charge in [-0.1, -0.05) is 62.3 Å². The molecule has 0 bridgehead atoms. The van der Waals surface area contributed by atoms with Crippen molar-refractivity contribution in [3.05, 3.63) is 11.1 Å². The number of hydrogen-bond donors (Lipinski definition) is 3. The fourth-order valence-corrected chi connectivity index (χ4v) is 13.5. The zero-order chi connectivity index (χ0) is 37.2. The molecule has 0 aromatic heterocycles. The van der Waals surface area contributed by atoms with Crippen molar-refractivity contribution in [1.29, 1.82) is 0 Å². The van der Waals surface area contributed by atoms with Crippen LogP contribution in [0.15, 0.2) is 11.1 Å². The molecule has 5 saturated carbocycles. The van der Waals surface area contributed by atoms with Gasteiger partial charge in [0.15, 0.2) is 5.78 Å². The number of amides is 1. The van der Waals surface area contributed by atoms with E-state index in [4.69, 9.17) is 4.74 Å². The third kappa shape index (κ3) is 4.98. The van der Waals surface area contributed by atoms with Gasteiger partial charge in [-0.25, -0.2) is 0 Å². The lowest BCUT2D eigenvalue weighted by molar-refractivity contribution is -0.236. The largest absolute Gasteiger partial charge is 0.481 e. The summed E-state index contributed by atoms with van der Waals surface area (Å²) >= 11 is 0. The van der Waals surface area contributed by atoms with Crippen LogP contribution in [0.25, 0.3) is 0 Å². The number of fused-ring (bicyclic) bond motifs is 7. The number of nitrogens with one attached hydrogen (secondary N) is 1.